The van der Waals surface area contributed by atoms with Crippen LogP contribution in [0.25, 0.3) is 0 Å². The number of nitrogens with one attached hydrogen (secondary N) is 3. The maximum absolute atomic E-state index is 11.2. The highest BCUT2D eigenvalue weighted by Crippen LogP contribution is 1.94. The zero-order valence-corrected chi connectivity index (χ0v) is 8.34. The first kappa shape index (κ1) is 10.6. The lowest BCUT2D eigenvalue weighted by Crippen LogP contribution is -2.29. The predicted molar refractivity (Wildman–Crippen MR) is 55.1 cm³/mol. The second kappa shape index (κ2) is 6.01. The highest BCUT2D eigenvalue weighted by atomic mass is 16.2. The number of anilines is 1. The maximum Gasteiger partial charge on any atom is 0.321 e. The summed E-state index contributed by atoms with van der Waals surface area (Å²) >= 11 is 0. The van der Waals surface area contributed by atoms with Gasteiger partial charge in [0, 0.05) is 18.9 Å². The summed E-state index contributed by atoms with van der Waals surface area (Å²) in [7, 11) is 0. The van der Waals surface area contributed by atoms with E-state index in [0.717, 1.165) is 19.3 Å². The summed E-state index contributed by atoms with van der Waals surface area (Å²) in [6.45, 7) is 2.84. The van der Waals surface area contributed by atoms with Gasteiger partial charge < -0.3 is 10.3 Å². The van der Waals surface area contributed by atoms with Crippen LogP contribution in [0, 0.1) is 0 Å². The monoisotopic (exact) mass is 196 g/mol. The van der Waals surface area contributed by atoms with Crippen molar-refractivity contribution in [3.8, 4) is 0 Å². The summed E-state index contributed by atoms with van der Waals surface area (Å²) in [6.07, 6.45) is 6.56. The summed E-state index contributed by atoms with van der Waals surface area (Å²) in [6, 6.07) is -0.212. The molecule has 2 amide bonds. The third kappa shape index (κ3) is 3.93. The number of carbonyl (C=O) groups excluding carboxylic acids is 1. The Balaban J connectivity index is 2.11. The minimum absolute atomic E-state index is 0.212. The van der Waals surface area contributed by atoms with Gasteiger partial charge in [-0.15, -0.1) is 0 Å². The first-order valence-corrected chi connectivity index (χ1v) is 4.87. The number of amides is 2. The van der Waals surface area contributed by atoms with Crippen LogP contribution in [-0.4, -0.2) is 22.5 Å². The Bertz CT molecular complexity index is 258. The topological polar surface area (TPSA) is 69.8 Å². The third-order valence-corrected chi connectivity index (χ3v) is 1.80. The van der Waals surface area contributed by atoms with E-state index in [1.165, 1.54) is 0 Å². The molecule has 0 atom stereocenters. The first-order valence-electron chi connectivity index (χ1n) is 4.87. The minimum Gasteiger partial charge on any atom is -0.338 e. The van der Waals surface area contributed by atoms with Crippen molar-refractivity contribution in [2.75, 3.05) is 11.9 Å². The second-order valence-corrected chi connectivity index (χ2v) is 3.03. The zero-order chi connectivity index (χ0) is 10.2. The summed E-state index contributed by atoms with van der Waals surface area (Å²) in [5.41, 5.74) is 0. The van der Waals surface area contributed by atoms with Gasteiger partial charge in [-0.05, 0) is 6.42 Å². The first-order chi connectivity index (χ1) is 6.83. The molecule has 1 aromatic rings. The normalized spacial score (nSPS) is 9.79. The molecule has 5 nitrogen and oxygen atoms in total. The van der Waals surface area contributed by atoms with E-state index in [2.05, 4.69) is 27.5 Å². The zero-order valence-electron chi connectivity index (χ0n) is 8.34. The summed E-state index contributed by atoms with van der Waals surface area (Å²) in [5.74, 6) is 0.470. The summed E-state index contributed by atoms with van der Waals surface area (Å²) in [4.78, 5) is 17.9. The minimum atomic E-state index is -0.212. The molecule has 78 valence electrons. The van der Waals surface area contributed by atoms with E-state index in [4.69, 9.17) is 0 Å². The standard InChI is InChI=1S/C9H16N4O/c1-2-3-4-5-12-9(14)13-8-10-6-7-11-8/h6-7H,2-5H2,1H3,(H3,10,11,12,13,14). The molecule has 0 fully saturated rings. The molecule has 0 bridgehead atoms. The Morgan fingerprint density at radius 1 is 1.57 bits per heavy atom. The molecule has 1 rings (SSSR count). The molecular weight excluding hydrogens is 180 g/mol. The molecule has 1 heterocycles. The van der Waals surface area contributed by atoms with Crippen LogP contribution >= 0.6 is 0 Å². The fourth-order valence-electron chi connectivity index (χ4n) is 1.06. The number of unbranched alkanes of at least 4 members (excludes halogenated alkanes) is 2. The van der Waals surface area contributed by atoms with Crippen LogP contribution in [0.1, 0.15) is 26.2 Å². The molecule has 0 aromatic carbocycles. The number of aromatic nitrogens is 2. The van der Waals surface area contributed by atoms with E-state index >= 15 is 0 Å². The Morgan fingerprint density at radius 3 is 3.07 bits per heavy atom. The van der Waals surface area contributed by atoms with Gasteiger partial charge >= 0.3 is 6.03 Å². The molecular formula is C9H16N4O. The van der Waals surface area contributed by atoms with Crippen molar-refractivity contribution in [1.29, 1.82) is 0 Å². The molecule has 5 heteroatoms. The van der Waals surface area contributed by atoms with Crippen molar-refractivity contribution in [1.82, 2.24) is 15.3 Å². The number of urea groups is 1. The average molecular weight is 196 g/mol. The molecule has 0 radical (unpaired) electrons. The lowest BCUT2D eigenvalue weighted by atomic mass is 10.2. The van der Waals surface area contributed by atoms with Crippen LogP contribution in [-0.2, 0) is 0 Å². The van der Waals surface area contributed by atoms with Gasteiger partial charge in [-0.3, -0.25) is 5.32 Å². The number of hydrogen-bond acceptors (Lipinski definition) is 2. The van der Waals surface area contributed by atoms with Gasteiger partial charge in [0.2, 0.25) is 5.95 Å². The summed E-state index contributed by atoms with van der Waals surface area (Å²) in [5, 5.41) is 5.33. The van der Waals surface area contributed by atoms with E-state index in [1.807, 2.05) is 0 Å². The van der Waals surface area contributed by atoms with Crippen LogP contribution in [0.15, 0.2) is 12.4 Å². The molecule has 0 aliphatic carbocycles. The Morgan fingerprint density at radius 2 is 2.43 bits per heavy atom. The van der Waals surface area contributed by atoms with E-state index in [1.54, 1.807) is 12.4 Å². The van der Waals surface area contributed by atoms with Crippen molar-refractivity contribution in [2.24, 2.45) is 0 Å². The van der Waals surface area contributed by atoms with E-state index in [9.17, 15) is 4.79 Å². The second-order valence-electron chi connectivity index (χ2n) is 3.03. The molecule has 0 aliphatic rings. The van der Waals surface area contributed by atoms with Gasteiger partial charge in [0.15, 0.2) is 0 Å². The molecule has 1 aromatic heterocycles. The molecule has 0 aliphatic heterocycles. The number of hydrogen-bond donors (Lipinski definition) is 3. The van der Waals surface area contributed by atoms with Crippen LogP contribution in [0.4, 0.5) is 10.7 Å². The number of rotatable bonds is 5. The van der Waals surface area contributed by atoms with Gasteiger partial charge in [0.25, 0.3) is 0 Å². The molecule has 14 heavy (non-hydrogen) atoms. The molecule has 0 saturated heterocycles. The van der Waals surface area contributed by atoms with Gasteiger partial charge in [-0.2, -0.15) is 0 Å². The van der Waals surface area contributed by atoms with Crippen molar-refractivity contribution in [3.05, 3.63) is 12.4 Å². The largest absolute Gasteiger partial charge is 0.338 e. The fourth-order valence-corrected chi connectivity index (χ4v) is 1.06. The van der Waals surface area contributed by atoms with Crippen LogP contribution in [0.3, 0.4) is 0 Å². The van der Waals surface area contributed by atoms with E-state index in [-0.39, 0.29) is 6.03 Å². The third-order valence-electron chi connectivity index (χ3n) is 1.80. The molecule has 0 saturated carbocycles. The highest BCUT2D eigenvalue weighted by molar-refractivity contribution is 5.87. The smallest absolute Gasteiger partial charge is 0.321 e. The summed E-state index contributed by atoms with van der Waals surface area (Å²) < 4.78 is 0. The van der Waals surface area contributed by atoms with Crippen LogP contribution in [0.5, 0.6) is 0 Å². The lowest BCUT2D eigenvalue weighted by Gasteiger charge is -2.04. The SMILES string of the molecule is CCCCCNC(=O)Nc1ncc[nH]1. The van der Waals surface area contributed by atoms with Crippen molar-refractivity contribution in [3.63, 3.8) is 0 Å². The van der Waals surface area contributed by atoms with Crippen LogP contribution in [0.2, 0.25) is 0 Å². The number of nitrogens with zero attached hydrogens (tertiary/aromatic N) is 1. The maximum atomic E-state index is 11.2. The number of aromatic amines is 1. The number of imidazole rings is 1. The van der Waals surface area contributed by atoms with E-state index < -0.39 is 0 Å². The van der Waals surface area contributed by atoms with Gasteiger partial charge in [0.05, 0.1) is 0 Å². The Hall–Kier alpha value is -1.52. The van der Waals surface area contributed by atoms with Crippen molar-refractivity contribution in [2.45, 2.75) is 26.2 Å². The van der Waals surface area contributed by atoms with E-state index in [0.29, 0.717) is 12.5 Å². The van der Waals surface area contributed by atoms with Gasteiger partial charge in [-0.1, -0.05) is 19.8 Å². The predicted octanol–water partition coefficient (Wildman–Crippen LogP) is 1.72. The number of H-pyrrole nitrogens is 1. The number of carbonyl (C=O) groups is 1. The Labute approximate surface area is 83.3 Å². The average Bonchev–Trinajstić information content (AvgIpc) is 2.65. The van der Waals surface area contributed by atoms with Gasteiger partial charge in [0.1, 0.15) is 0 Å². The van der Waals surface area contributed by atoms with Gasteiger partial charge in [-0.25, -0.2) is 9.78 Å². The lowest BCUT2D eigenvalue weighted by molar-refractivity contribution is 0.251. The highest BCUT2D eigenvalue weighted by Gasteiger charge is 2.00. The molecule has 3 N–H and O–H groups in total. The molecule has 0 spiro atoms. The van der Waals surface area contributed by atoms with Crippen molar-refractivity contribution < 1.29 is 4.79 Å². The fraction of sp³-hybridized carbons (Fsp3) is 0.556. The molecule has 0 unspecified atom stereocenters. The quantitative estimate of drug-likeness (QED) is 0.627. The Kier molecular flexibility index (Phi) is 4.54. The van der Waals surface area contributed by atoms with Crippen LogP contribution < -0.4 is 10.6 Å². The van der Waals surface area contributed by atoms with Crippen molar-refractivity contribution >= 4 is 12.0 Å².